The Balaban J connectivity index is 1.51. The molecule has 132 valence electrons. The third-order valence-corrected chi connectivity index (χ3v) is 4.47. The van der Waals surface area contributed by atoms with E-state index in [1.54, 1.807) is 30.3 Å². The zero-order chi connectivity index (χ0) is 18.4. The molecule has 0 aliphatic rings. The van der Waals surface area contributed by atoms with Gasteiger partial charge in [0, 0.05) is 16.0 Å². The number of nitrogens with zero attached hydrogens (tertiary/aromatic N) is 4. The highest BCUT2D eigenvalue weighted by Gasteiger charge is 2.15. The number of hydrogen-bond donors (Lipinski definition) is 0. The molecule has 27 heavy (non-hydrogen) atoms. The van der Waals surface area contributed by atoms with Gasteiger partial charge < -0.3 is 8.94 Å². The SMILES string of the molecule is O=c1c2oc3ccccc3c2ncn1Cc1noc(-c2ccc(Cl)cc2)n1. The summed E-state index contributed by atoms with van der Waals surface area (Å²) in [5.41, 5.74) is 1.83. The van der Waals surface area contributed by atoms with Crippen LogP contribution in [0.4, 0.5) is 0 Å². The minimum Gasteiger partial charge on any atom is -0.448 e. The molecule has 0 saturated carbocycles. The molecule has 0 unspecified atom stereocenters. The van der Waals surface area contributed by atoms with Gasteiger partial charge >= 0.3 is 0 Å². The number of fused-ring (bicyclic) bond motifs is 3. The molecule has 0 amide bonds. The van der Waals surface area contributed by atoms with Crippen molar-refractivity contribution in [2.45, 2.75) is 6.54 Å². The molecule has 0 spiro atoms. The average molecular weight is 379 g/mol. The summed E-state index contributed by atoms with van der Waals surface area (Å²) in [6.45, 7) is 0.121. The van der Waals surface area contributed by atoms with Crippen molar-refractivity contribution in [3.05, 3.63) is 76.1 Å². The van der Waals surface area contributed by atoms with E-state index in [4.69, 9.17) is 20.5 Å². The third kappa shape index (κ3) is 2.69. The van der Waals surface area contributed by atoms with Crippen LogP contribution >= 0.6 is 11.6 Å². The molecule has 0 N–H and O–H groups in total. The zero-order valence-corrected chi connectivity index (χ0v) is 14.6. The second-order valence-electron chi connectivity index (χ2n) is 5.98. The summed E-state index contributed by atoms with van der Waals surface area (Å²) in [6.07, 6.45) is 1.46. The molecule has 0 atom stereocenters. The topological polar surface area (TPSA) is 87.0 Å². The predicted octanol–water partition coefficient (Wildman–Crippen LogP) is 3.89. The standard InChI is InChI=1S/C19H11ClN4O3/c20-12-7-5-11(6-8-12)18-22-15(23-27-18)9-24-10-21-16-13-3-1-2-4-14(13)26-17(16)19(24)25/h1-8,10H,9H2. The van der Waals surface area contributed by atoms with Crippen molar-refractivity contribution in [1.29, 1.82) is 0 Å². The molecule has 0 saturated heterocycles. The highest BCUT2D eigenvalue weighted by molar-refractivity contribution is 6.30. The summed E-state index contributed by atoms with van der Waals surface area (Å²) < 4.78 is 12.3. The predicted molar refractivity (Wildman–Crippen MR) is 99.6 cm³/mol. The molecular weight excluding hydrogens is 368 g/mol. The number of para-hydroxylation sites is 1. The number of benzene rings is 2. The zero-order valence-electron chi connectivity index (χ0n) is 13.8. The Morgan fingerprint density at radius 2 is 1.89 bits per heavy atom. The first-order valence-corrected chi connectivity index (χ1v) is 8.52. The Bertz CT molecular complexity index is 1330. The first-order valence-electron chi connectivity index (χ1n) is 8.14. The first-order chi connectivity index (χ1) is 13.2. The summed E-state index contributed by atoms with van der Waals surface area (Å²) in [7, 11) is 0. The fraction of sp³-hybridized carbons (Fsp3) is 0.0526. The van der Waals surface area contributed by atoms with Gasteiger partial charge in [0.15, 0.2) is 5.82 Å². The van der Waals surface area contributed by atoms with Crippen LogP contribution in [0.1, 0.15) is 5.82 Å². The van der Waals surface area contributed by atoms with Crippen LogP contribution in [0, 0.1) is 0 Å². The normalized spacial score (nSPS) is 11.4. The molecular formula is C19H11ClN4O3. The maximum atomic E-state index is 12.7. The molecule has 5 rings (SSSR count). The van der Waals surface area contributed by atoms with E-state index in [-0.39, 0.29) is 17.7 Å². The largest absolute Gasteiger partial charge is 0.448 e. The lowest BCUT2D eigenvalue weighted by Crippen LogP contribution is -2.21. The van der Waals surface area contributed by atoms with Gasteiger partial charge in [-0.15, -0.1) is 0 Å². The number of rotatable bonds is 3. The summed E-state index contributed by atoms with van der Waals surface area (Å²) in [4.78, 5) is 21.4. The van der Waals surface area contributed by atoms with E-state index in [0.717, 1.165) is 10.9 Å². The molecule has 0 radical (unpaired) electrons. The number of halogens is 1. The van der Waals surface area contributed by atoms with Crippen molar-refractivity contribution in [1.82, 2.24) is 19.7 Å². The molecule has 0 aliphatic heterocycles. The van der Waals surface area contributed by atoms with E-state index >= 15 is 0 Å². The molecule has 7 nitrogen and oxygen atoms in total. The lowest BCUT2D eigenvalue weighted by molar-refractivity contribution is 0.420. The van der Waals surface area contributed by atoms with Crippen LogP contribution in [0.3, 0.4) is 0 Å². The second-order valence-corrected chi connectivity index (χ2v) is 6.41. The van der Waals surface area contributed by atoms with Crippen molar-refractivity contribution in [3.63, 3.8) is 0 Å². The smallest absolute Gasteiger partial charge is 0.297 e. The molecule has 2 aromatic carbocycles. The molecule has 0 fully saturated rings. The van der Waals surface area contributed by atoms with Crippen molar-refractivity contribution in [3.8, 4) is 11.5 Å². The van der Waals surface area contributed by atoms with Crippen molar-refractivity contribution < 1.29 is 8.94 Å². The minimum absolute atomic E-state index is 0.121. The second kappa shape index (κ2) is 6.07. The molecule has 0 bridgehead atoms. The van der Waals surface area contributed by atoms with E-state index in [2.05, 4.69) is 15.1 Å². The fourth-order valence-corrected chi connectivity index (χ4v) is 3.03. The number of furan rings is 1. The van der Waals surface area contributed by atoms with Gasteiger partial charge in [0.25, 0.3) is 11.4 Å². The van der Waals surface area contributed by atoms with E-state index in [9.17, 15) is 4.79 Å². The van der Waals surface area contributed by atoms with Gasteiger partial charge in [-0.3, -0.25) is 9.36 Å². The van der Waals surface area contributed by atoms with Crippen LogP contribution in [0.2, 0.25) is 5.02 Å². The summed E-state index contributed by atoms with van der Waals surface area (Å²) >= 11 is 5.89. The monoisotopic (exact) mass is 378 g/mol. The van der Waals surface area contributed by atoms with Crippen LogP contribution in [0.15, 0.2) is 68.6 Å². The Morgan fingerprint density at radius 3 is 2.74 bits per heavy atom. The highest BCUT2D eigenvalue weighted by Crippen LogP contribution is 2.24. The van der Waals surface area contributed by atoms with Gasteiger partial charge in [-0.25, -0.2) is 4.98 Å². The minimum atomic E-state index is -0.297. The summed E-state index contributed by atoms with van der Waals surface area (Å²) in [5, 5.41) is 5.36. The molecule has 8 heteroatoms. The van der Waals surface area contributed by atoms with E-state index in [0.29, 0.717) is 27.8 Å². The molecule has 5 aromatic rings. The number of hydrogen-bond acceptors (Lipinski definition) is 6. The maximum absolute atomic E-state index is 12.7. The lowest BCUT2D eigenvalue weighted by Gasteiger charge is -2.00. The quantitative estimate of drug-likeness (QED) is 0.473. The van der Waals surface area contributed by atoms with Crippen LogP contribution < -0.4 is 5.56 Å². The van der Waals surface area contributed by atoms with Gasteiger partial charge in [-0.05, 0) is 36.4 Å². The van der Waals surface area contributed by atoms with Crippen LogP contribution in [-0.2, 0) is 6.54 Å². The first kappa shape index (κ1) is 15.8. The summed E-state index contributed by atoms with van der Waals surface area (Å²) in [5.74, 6) is 0.715. The van der Waals surface area contributed by atoms with Crippen LogP contribution in [0.5, 0.6) is 0 Å². The van der Waals surface area contributed by atoms with Crippen molar-refractivity contribution >= 4 is 33.7 Å². The van der Waals surface area contributed by atoms with Crippen molar-refractivity contribution in [2.24, 2.45) is 0 Å². The van der Waals surface area contributed by atoms with Crippen LogP contribution in [0.25, 0.3) is 33.5 Å². The Kier molecular flexibility index (Phi) is 3.54. The maximum Gasteiger partial charge on any atom is 0.297 e. The molecule has 3 heterocycles. The van der Waals surface area contributed by atoms with Gasteiger partial charge in [-0.2, -0.15) is 4.98 Å². The van der Waals surface area contributed by atoms with Gasteiger partial charge in [0.05, 0.1) is 12.9 Å². The van der Waals surface area contributed by atoms with E-state index in [1.807, 2.05) is 18.2 Å². The Labute approximate surface area is 156 Å². The number of aromatic nitrogens is 4. The highest BCUT2D eigenvalue weighted by atomic mass is 35.5. The third-order valence-electron chi connectivity index (χ3n) is 4.22. The van der Waals surface area contributed by atoms with Crippen LogP contribution in [-0.4, -0.2) is 19.7 Å². The Hall–Kier alpha value is -3.45. The lowest BCUT2D eigenvalue weighted by atomic mass is 10.2. The van der Waals surface area contributed by atoms with E-state index < -0.39 is 0 Å². The van der Waals surface area contributed by atoms with Gasteiger partial charge in [0.1, 0.15) is 11.1 Å². The van der Waals surface area contributed by atoms with Gasteiger partial charge in [-0.1, -0.05) is 28.9 Å². The summed E-state index contributed by atoms with van der Waals surface area (Å²) in [6, 6.07) is 14.5. The molecule has 0 aliphatic carbocycles. The average Bonchev–Trinajstić information content (AvgIpc) is 3.30. The Morgan fingerprint density at radius 1 is 1.07 bits per heavy atom. The molecule has 3 aromatic heterocycles. The van der Waals surface area contributed by atoms with Crippen molar-refractivity contribution in [2.75, 3.05) is 0 Å². The van der Waals surface area contributed by atoms with E-state index in [1.165, 1.54) is 10.9 Å². The van der Waals surface area contributed by atoms with Gasteiger partial charge in [0.2, 0.25) is 5.58 Å². The fourth-order valence-electron chi connectivity index (χ4n) is 2.91.